The minimum Gasteiger partial charge on any atom is -0.497 e. The van der Waals surface area contributed by atoms with E-state index in [1.54, 1.807) is 30.2 Å². The number of rotatable bonds is 4. The van der Waals surface area contributed by atoms with Crippen molar-refractivity contribution in [3.05, 3.63) is 23.8 Å². The summed E-state index contributed by atoms with van der Waals surface area (Å²) in [6.45, 7) is 2.32. The Morgan fingerprint density at radius 2 is 2.15 bits per heavy atom. The molecule has 20 heavy (non-hydrogen) atoms. The Morgan fingerprint density at radius 1 is 1.45 bits per heavy atom. The molecule has 1 saturated heterocycles. The van der Waals surface area contributed by atoms with Gasteiger partial charge in [-0.05, 0) is 30.9 Å². The molecule has 2 N–H and O–H groups in total. The van der Waals surface area contributed by atoms with E-state index in [1.165, 1.54) is 0 Å². The average molecular weight is 278 g/mol. The Labute approximate surface area is 119 Å². The van der Waals surface area contributed by atoms with Crippen LogP contribution in [0.3, 0.4) is 0 Å². The molecule has 0 aromatic heterocycles. The molecule has 5 nitrogen and oxygen atoms in total. The van der Waals surface area contributed by atoms with E-state index >= 15 is 0 Å². The van der Waals surface area contributed by atoms with Crippen molar-refractivity contribution in [2.24, 2.45) is 5.92 Å². The van der Waals surface area contributed by atoms with E-state index in [9.17, 15) is 4.79 Å². The van der Waals surface area contributed by atoms with Crippen LogP contribution in [0, 0.1) is 5.92 Å². The fourth-order valence-corrected chi connectivity index (χ4v) is 2.47. The number of ether oxygens (including phenoxy) is 2. The normalized spacial score (nSPS) is 15.9. The van der Waals surface area contributed by atoms with Gasteiger partial charge in [-0.25, -0.2) is 0 Å². The van der Waals surface area contributed by atoms with Crippen LogP contribution in [0.1, 0.15) is 23.2 Å². The van der Waals surface area contributed by atoms with Gasteiger partial charge in [-0.3, -0.25) is 4.79 Å². The first-order valence-electron chi connectivity index (χ1n) is 6.88. The van der Waals surface area contributed by atoms with Crippen LogP contribution in [-0.2, 0) is 4.74 Å². The highest BCUT2D eigenvalue weighted by atomic mass is 16.5. The highest BCUT2D eigenvalue weighted by Gasteiger charge is 2.20. The molecular formula is C15H22N2O3. The first kappa shape index (κ1) is 14.7. The maximum absolute atomic E-state index is 12.4. The first-order chi connectivity index (χ1) is 9.61. The number of carbonyl (C=O) groups is 1. The number of carbonyl (C=O) groups excluding carboxylic acids is 1. The summed E-state index contributed by atoms with van der Waals surface area (Å²) >= 11 is 0. The molecule has 0 atom stereocenters. The minimum atomic E-state index is -0.0448. The van der Waals surface area contributed by atoms with Crippen molar-refractivity contribution in [1.29, 1.82) is 0 Å². The van der Waals surface area contributed by atoms with Crippen molar-refractivity contribution in [1.82, 2.24) is 4.90 Å². The summed E-state index contributed by atoms with van der Waals surface area (Å²) < 4.78 is 10.4. The minimum absolute atomic E-state index is 0.0448. The third-order valence-electron chi connectivity index (χ3n) is 3.71. The monoisotopic (exact) mass is 278 g/mol. The summed E-state index contributed by atoms with van der Waals surface area (Å²) in [7, 11) is 3.40. The Balaban J connectivity index is 2.02. The smallest absolute Gasteiger partial charge is 0.255 e. The summed E-state index contributed by atoms with van der Waals surface area (Å²) in [5.74, 6) is 1.12. The van der Waals surface area contributed by atoms with Crippen molar-refractivity contribution in [3.8, 4) is 5.75 Å². The van der Waals surface area contributed by atoms with E-state index in [-0.39, 0.29) is 5.91 Å². The van der Waals surface area contributed by atoms with E-state index in [2.05, 4.69) is 0 Å². The lowest BCUT2D eigenvalue weighted by molar-refractivity contribution is 0.0497. The van der Waals surface area contributed by atoms with Crippen molar-refractivity contribution in [2.75, 3.05) is 39.6 Å². The second-order valence-electron chi connectivity index (χ2n) is 5.19. The van der Waals surface area contributed by atoms with Crippen LogP contribution in [0.5, 0.6) is 5.75 Å². The van der Waals surface area contributed by atoms with Gasteiger partial charge in [0.25, 0.3) is 5.91 Å². The van der Waals surface area contributed by atoms with Crippen molar-refractivity contribution < 1.29 is 14.3 Å². The van der Waals surface area contributed by atoms with Crippen LogP contribution < -0.4 is 10.5 Å². The Hall–Kier alpha value is -1.75. The van der Waals surface area contributed by atoms with E-state index in [0.29, 0.717) is 22.9 Å². The van der Waals surface area contributed by atoms with Gasteiger partial charge in [0.15, 0.2) is 0 Å². The van der Waals surface area contributed by atoms with Crippen LogP contribution in [0.4, 0.5) is 5.69 Å². The number of nitrogen functional groups attached to an aromatic ring is 1. The van der Waals surface area contributed by atoms with Crippen LogP contribution >= 0.6 is 0 Å². The second kappa shape index (κ2) is 6.61. The molecule has 1 aromatic carbocycles. The molecule has 1 aliphatic heterocycles. The van der Waals surface area contributed by atoms with Crippen LogP contribution in [0.15, 0.2) is 18.2 Å². The maximum Gasteiger partial charge on any atom is 0.255 e. The largest absolute Gasteiger partial charge is 0.497 e. The molecule has 1 heterocycles. The number of methoxy groups -OCH3 is 1. The van der Waals surface area contributed by atoms with Gasteiger partial charge in [0, 0.05) is 38.6 Å². The lowest BCUT2D eigenvalue weighted by Gasteiger charge is -2.27. The van der Waals surface area contributed by atoms with E-state index < -0.39 is 0 Å². The number of amides is 1. The lowest BCUT2D eigenvalue weighted by atomic mass is 9.99. The topological polar surface area (TPSA) is 64.8 Å². The molecule has 0 bridgehead atoms. The SMILES string of the molecule is COc1ccc(C(=O)N(C)CC2CCOCC2)c(N)c1. The van der Waals surface area contributed by atoms with Gasteiger partial charge in [0.2, 0.25) is 0 Å². The lowest BCUT2D eigenvalue weighted by Crippen LogP contribution is -2.34. The summed E-state index contributed by atoms with van der Waals surface area (Å²) in [5, 5.41) is 0. The molecule has 1 amide bonds. The highest BCUT2D eigenvalue weighted by Crippen LogP contribution is 2.22. The highest BCUT2D eigenvalue weighted by molar-refractivity contribution is 5.99. The zero-order valence-corrected chi connectivity index (χ0v) is 12.1. The first-order valence-corrected chi connectivity index (χ1v) is 6.88. The average Bonchev–Trinajstić information content (AvgIpc) is 2.47. The van der Waals surface area contributed by atoms with Gasteiger partial charge < -0.3 is 20.1 Å². The van der Waals surface area contributed by atoms with E-state index in [1.807, 2.05) is 7.05 Å². The standard InChI is InChI=1S/C15H22N2O3/c1-17(10-11-5-7-20-8-6-11)15(18)13-4-3-12(19-2)9-14(13)16/h3-4,9,11H,5-8,10,16H2,1-2H3. The van der Waals surface area contributed by atoms with Crippen molar-refractivity contribution in [2.45, 2.75) is 12.8 Å². The fraction of sp³-hybridized carbons (Fsp3) is 0.533. The van der Waals surface area contributed by atoms with Crippen molar-refractivity contribution in [3.63, 3.8) is 0 Å². The molecule has 0 spiro atoms. The molecular weight excluding hydrogens is 256 g/mol. The van der Waals surface area contributed by atoms with Crippen LogP contribution in [0.25, 0.3) is 0 Å². The third kappa shape index (κ3) is 3.42. The quantitative estimate of drug-likeness (QED) is 0.853. The Morgan fingerprint density at radius 3 is 2.75 bits per heavy atom. The van der Waals surface area contributed by atoms with Crippen LogP contribution in [-0.4, -0.2) is 44.7 Å². The molecule has 0 radical (unpaired) electrons. The Kier molecular flexibility index (Phi) is 4.84. The number of nitrogens with two attached hydrogens (primary N) is 1. The molecule has 1 aromatic rings. The van der Waals surface area contributed by atoms with Crippen LogP contribution in [0.2, 0.25) is 0 Å². The van der Waals surface area contributed by atoms with E-state index in [4.69, 9.17) is 15.2 Å². The summed E-state index contributed by atoms with van der Waals surface area (Å²) in [6, 6.07) is 5.15. The van der Waals surface area contributed by atoms with Gasteiger partial charge in [-0.2, -0.15) is 0 Å². The molecule has 2 rings (SSSR count). The number of hydrogen-bond acceptors (Lipinski definition) is 4. The van der Waals surface area contributed by atoms with Gasteiger partial charge in [-0.15, -0.1) is 0 Å². The molecule has 1 aliphatic rings. The van der Waals surface area contributed by atoms with Gasteiger partial charge >= 0.3 is 0 Å². The third-order valence-corrected chi connectivity index (χ3v) is 3.71. The van der Waals surface area contributed by atoms with Gasteiger partial charge in [-0.1, -0.05) is 0 Å². The predicted molar refractivity (Wildman–Crippen MR) is 77.9 cm³/mol. The molecule has 0 aliphatic carbocycles. The summed E-state index contributed by atoms with van der Waals surface area (Å²) in [4.78, 5) is 14.2. The van der Waals surface area contributed by atoms with Gasteiger partial charge in [0.1, 0.15) is 5.75 Å². The zero-order valence-electron chi connectivity index (χ0n) is 12.1. The summed E-state index contributed by atoms with van der Waals surface area (Å²) in [5.41, 5.74) is 6.90. The maximum atomic E-state index is 12.4. The number of hydrogen-bond donors (Lipinski definition) is 1. The molecule has 0 unspecified atom stereocenters. The summed E-state index contributed by atoms with van der Waals surface area (Å²) in [6.07, 6.45) is 2.02. The molecule has 5 heteroatoms. The number of benzene rings is 1. The number of anilines is 1. The molecule has 1 fully saturated rings. The second-order valence-corrected chi connectivity index (χ2v) is 5.19. The predicted octanol–water partition coefficient (Wildman–Crippen LogP) is 1.78. The number of nitrogens with zero attached hydrogens (tertiary/aromatic N) is 1. The zero-order chi connectivity index (χ0) is 14.5. The van der Waals surface area contributed by atoms with Gasteiger partial charge in [0.05, 0.1) is 12.7 Å². The van der Waals surface area contributed by atoms with E-state index in [0.717, 1.165) is 32.6 Å². The molecule has 0 saturated carbocycles. The fourth-order valence-electron chi connectivity index (χ4n) is 2.47. The Bertz CT molecular complexity index is 470. The van der Waals surface area contributed by atoms with Crippen molar-refractivity contribution >= 4 is 11.6 Å². The molecule has 110 valence electrons.